The van der Waals surface area contributed by atoms with Crippen molar-refractivity contribution in [2.75, 3.05) is 40.9 Å². The molecule has 3 unspecified atom stereocenters. The van der Waals surface area contributed by atoms with Crippen molar-refractivity contribution in [3.8, 4) is 0 Å². The average molecular weight is 1010 g/mol. The van der Waals surface area contributed by atoms with Gasteiger partial charge in [0.2, 0.25) is 5.91 Å². The van der Waals surface area contributed by atoms with Gasteiger partial charge in [-0.15, -0.1) is 0 Å². The van der Waals surface area contributed by atoms with E-state index >= 15 is 0 Å². The number of nitrogens with one attached hydrogen (secondary N) is 1. The van der Waals surface area contributed by atoms with E-state index in [0.29, 0.717) is 17.4 Å². The maximum atomic E-state index is 13.0. The van der Waals surface area contributed by atoms with Crippen LogP contribution in [0.4, 0.5) is 0 Å². The van der Waals surface area contributed by atoms with Gasteiger partial charge in [-0.05, 0) is 83.5 Å². The van der Waals surface area contributed by atoms with Gasteiger partial charge in [-0.1, -0.05) is 246 Å². The number of aliphatic hydroxyl groups excluding tert-OH is 1. The smallest absolute Gasteiger partial charge is 0.268 e. The molecule has 0 aliphatic heterocycles. The van der Waals surface area contributed by atoms with Crippen molar-refractivity contribution < 1.29 is 32.9 Å². The zero-order valence-electron chi connectivity index (χ0n) is 46.6. The first-order chi connectivity index (χ1) is 34.5. The molecular weight excluding hydrogens is 900 g/mol. The van der Waals surface area contributed by atoms with Crippen LogP contribution in [0.3, 0.4) is 0 Å². The molecule has 0 aliphatic carbocycles. The number of rotatable bonds is 52. The second kappa shape index (κ2) is 52.3. The van der Waals surface area contributed by atoms with Crippen LogP contribution in [0.15, 0.2) is 97.2 Å². The second-order valence-corrected chi connectivity index (χ2v) is 22.0. The summed E-state index contributed by atoms with van der Waals surface area (Å²) in [4.78, 5) is 25.5. The number of phosphoric acid groups is 1. The highest BCUT2D eigenvalue weighted by Crippen LogP contribution is 2.38. The molecule has 0 saturated heterocycles. The van der Waals surface area contributed by atoms with Gasteiger partial charge in [0.25, 0.3) is 7.82 Å². The number of nitrogens with zero attached hydrogens (tertiary/aromatic N) is 1. The second-order valence-electron chi connectivity index (χ2n) is 20.6. The van der Waals surface area contributed by atoms with Gasteiger partial charge in [0.05, 0.1) is 39.9 Å². The number of quaternary nitrogens is 1. The van der Waals surface area contributed by atoms with E-state index < -0.39 is 26.6 Å². The predicted molar refractivity (Wildman–Crippen MR) is 306 cm³/mol. The van der Waals surface area contributed by atoms with Crippen LogP contribution in [0.2, 0.25) is 0 Å². The monoisotopic (exact) mass is 1010 g/mol. The zero-order chi connectivity index (χ0) is 52.0. The molecule has 0 aromatic rings. The van der Waals surface area contributed by atoms with Crippen LogP contribution in [0.25, 0.3) is 0 Å². The topological polar surface area (TPSA) is 108 Å². The summed E-state index contributed by atoms with van der Waals surface area (Å²) in [5.74, 6) is -0.212. The van der Waals surface area contributed by atoms with E-state index in [2.05, 4.69) is 104 Å². The van der Waals surface area contributed by atoms with Crippen molar-refractivity contribution in [1.29, 1.82) is 0 Å². The van der Waals surface area contributed by atoms with Crippen LogP contribution in [0.1, 0.15) is 239 Å². The van der Waals surface area contributed by atoms with Gasteiger partial charge in [-0.2, -0.15) is 0 Å². The molecule has 0 saturated carbocycles. The van der Waals surface area contributed by atoms with Gasteiger partial charge in [0, 0.05) is 6.42 Å². The number of carbonyl (C=O) groups is 1. The molecule has 0 rings (SSSR count). The van der Waals surface area contributed by atoms with Crippen molar-refractivity contribution in [1.82, 2.24) is 5.32 Å². The van der Waals surface area contributed by atoms with E-state index in [1.165, 1.54) is 141 Å². The minimum atomic E-state index is -4.61. The lowest BCUT2D eigenvalue weighted by Gasteiger charge is -2.29. The minimum absolute atomic E-state index is 0.0105. The number of unbranched alkanes of at least 4 members (excludes halogenated alkanes) is 25. The van der Waals surface area contributed by atoms with E-state index in [4.69, 9.17) is 9.05 Å². The number of carbonyl (C=O) groups excluding carboxylic acids is 1. The lowest BCUT2D eigenvalue weighted by atomic mass is 10.0. The summed E-state index contributed by atoms with van der Waals surface area (Å²) in [6, 6.07) is -0.910. The van der Waals surface area contributed by atoms with Gasteiger partial charge in [-0.3, -0.25) is 9.36 Å². The molecular formula is C62H111N2O6P. The standard InChI is InChI=1S/C62H111N2O6P/c1-6-8-10-12-14-16-18-20-22-24-26-27-28-29-30-31-32-33-34-35-36-37-38-40-42-44-46-48-50-52-54-56-62(66)63-60(59-70-71(67,68)69-58-57-64(3,4)5)61(65)55-53-51-49-47-45-43-41-39-25-23-21-19-17-15-13-11-9-7-2/h8,10,14,16,20,22,26-27,29-30,32-33,45,47,53,55,60-61,65H,6-7,9,11-13,15,17-19,21,23-25,28,31,34-44,46,48-52,54,56-59H2,1-5H3,(H-,63,66,67,68)/b10-8-,16-14-,22-20-,27-26-,30-29-,33-32-,47-45+,55-53+. The van der Waals surface area contributed by atoms with E-state index in [1.807, 2.05) is 27.2 Å². The van der Waals surface area contributed by atoms with Crippen molar-refractivity contribution in [3.63, 3.8) is 0 Å². The first-order valence-electron chi connectivity index (χ1n) is 29.1. The molecule has 1 amide bonds. The molecule has 0 aromatic carbocycles. The Labute approximate surface area is 439 Å². The highest BCUT2D eigenvalue weighted by Gasteiger charge is 2.23. The molecule has 410 valence electrons. The van der Waals surface area contributed by atoms with Gasteiger partial charge in [0.1, 0.15) is 13.2 Å². The maximum absolute atomic E-state index is 13.0. The van der Waals surface area contributed by atoms with Gasteiger partial charge in [0.15, 0.2) is 0 Å². The Hall–Kier alpha value is -2.58. The van der Waals surface area contributed by atoms with E-state index in [0.717, 1.165) is 77.0 Å². The summed E-state index contributed by atoms with van der Waals surface area (Å²) in [7, 11) is 1.23. The number of likely N-dealkylation sites (N-methyl/N-ethyl adjacent to an activating group) is 1. The van der Waals surface area contributed by atoms with E-state index in [1.54, 1.807) is 6.08 Å². The molecule has 0 heterocycles. The summed E-state index contributed by atoms with van der Waals surface area (Å²) in [5, 5.41) is 13.9. The Bertz CT molecular complexity index is 1470. The molecule has 0 radical (unpaired) electrons. The molecule has 0 bridgehead atoms. The Morgan fingerprint density at radius 3 is 1.31 bits per heavy atom. The van der Waals surface area contributed by atoms with Crippen molar-refractivity contribution in [2.24, 2.45) is 0 Å². The molecule has 71 heavy (non-hydrogen) atoms. The van der Waals surface area contributed by atoms with Crippen molar-refractivity contribution >= 4 is 13.7 Å². The summed E-state index contributed by atoms with van der Waals surface area (Å²) >= 11 is 0. The normalized spacial score (nSPS) is 14.6. The average Bonchev–Trinajstić information content (AvgIpc) is 3.33. The summed E-state index contributed by atoms with van der Waals surface area (Å²) in [6.07, 6.45) is 74.8. The van der Waals surface area contributed by atoms with Crippen LogP contribution in [0.5, 0.6) is 0 Å². The predicted octanol–water partition coefficient (Wildman–Crippen LogP) is 17.2. The summed E-state index contributed by atoms with van der Waals surface area (Å²) in [5.41, 5.74) is 0. The zero-order valence-corrected chi connectivity index (χ0v) is 47.5. The first kappa shape index (κ1) is 68.4. The lowest BCUT2D eigenvalue weighted by Crippen LogP contribution is -2.45. The largest absolute Gasteiger partial charge is 0.756 e. The summed E-state index contributed by atoms with van der Waals surface area (Å²) in [6.45, 7) is 4.52. The fourth-order valence-electron chi connectivity index (χ4n) is 8.00. The summed E-state index contributed by atoms with van der Waals surface area (Å²) < 4.78 is 23.3. The quantitative estimate of drug-likeness (QED) is 0.0272. The molecule has 3 atom stereocenters. The lowest BCUT2D eigenvalue weighted by molar-refractivity contribution is -0.870. The van der Waals surface area contributed by atoms with Crippen molar-refractivity contribution in [2.45, 2.75) is 251 Å². The number of phosphoric ester groups is 1. The van der Waals surface area contributed by atoms with Crippen LogP contribution < -0.4 is 10.2 Å². The van der Waals surface area contributed by atoms with Gasteiger partial charge >= 0.3 is 0 Å². The Morgan fingerprint density at radius 1 is 0.507 bits per heavy atom. The number of hydrogen-bond donors (Lipinski definition) is 2. The van der Waals surface area contributed by atoms with Crippen LogP contribution >= 0.6 is 7.82 Å². The Balaban J connectivity index is 4.21. The minimum Gasteiger partial charge on any atom is -0.756 e. The molecule has 8 nitrogen and oxygen atoms in total. The van der Waals surface area contributed by atoms with Gasteiger partial charge < -0.3 is 28.8 Å². The Morgan fingerprint density at radius 2 is 0.873 bits per heavy atom. The molecule has 2 N–H and O–H groups in total. The van der Waals surface area contributed by atoms with Gasteiger partial charge in [-0.25, -0.2) is 0 Å². The molecule has 0 aliphatic rings. The van der Waals surface area contributed by atoms with Crippen LogP contribution in [0, 0.1) is 0 Å². The fourth-order valence-corrected chi connectivity index (χ4v) is 8.72. The molecule has 0 fully saturated rings. The van der Waals surface area contributed by atoms with Crippen LogP contribution in [-0.4, -0.2) is 68.5 Å². The highest BCUT2D eigenvalue weighted by molar-refractivity contribution is 7.45. The highest BCUT2D eigenvalue weighted by atomic mass is 31.2. The first-order valence-corrected chi connectivity index (χ1v) is 30.6. The number of aliphatic hydroxyl groups is 1. The third-order valence-electron chi connectivity index (χ3n) is 12.5. The fraction of sp³-hybridized carbons (Fsp3) is 0.726. The number of hydrogen-bond acceptors (Lipinski definition) is 6. The molecule has 9 heteroatoms. The van der Waals surface area contributed by atoms with Crippen LogP contribution in [-0.2, 0) is 18.4 Å². The van der Waals surface area contributed by atoms with E-state index in [9.17, 15) is 19.4 Å². The Kier molecular flexibility index (Phi) is 50.4. The number of allylic oxidation sites excluding steroid dienone is 15. The maximum Gasteiger partial charge on any atom is 0.268 e. The third kappa shape index (κ3) is 55.0. The molecule has 0 aromatic heterocycles. The van der Waals surface area contributed by atoms with Crippen molar-refractivity contribution in [3.05, 3.63) is 97.2 Å². The SMILES string of the molecule is CC/C=C\C/C=C\C/C=C\C/C=C\C/C=C\C/C=C\CCCCCCCCCCCCCCC(=O)NC(COP(=O)([O-])OCC[N+](C)(C)C)C(O)/C=C/CC/C=C/CCCCCCCCCCCCCC. The van der Waals surface area contributed by atoms with E-state index in [-0.39, 0.29) is 12.5 Å². The number of amides is 1. The third-order valence-corrected chi connectivity index (χ3v) is 13.5. The molecule has 0 spiro atoms.